The number of anilines is 2. The molecule has 0 saturated carbocycles. The quantitative estimate of drug-likeness (QED) is 0.371. The van der Waals surface area contributed by atoms with E-state index >= 15 is 0 Å². The van der Waals surface area contributed by atoms with E-state index in [1.54, 1.807) is 79.9 Å². The summed E-state index contributed by atoms with van der Waals surface area (Å²) in [7, 11) is 1.56. The molecule has 0 fully saturated rings. The molecular weight excluding hydrogens is 416 g/mol. The number of nitrogens with one attached hydrogen (secondary N) is 2. The first-order chi connectivity index (χ1) is 16.1. The van der Waals surface area contributed by atoms with Gasteiger partial charge in [0.25, 0.3) is 11.8 Å². The summed E-state index contributed by atoms with van der Waals surface area (Å²) in [6.45, 7) is 0. The molecule has 0 unspecified atom stereocenters. The van der Waals surface area contributed by atoms with Crippen molar-refractivity contribution in [1.82, 2.24) is 0 Å². The first kappa shape index (κ1) is 21.6. The van der Waals surface area contributed by atoms with Crippen LogP contribution in [0.5, 0.6) is 17.2 Å². The van der Waals surface area contributed by atoms with Gasteiger partial charge in [-0.05, 0) is 72.8 Å². The monoisotopic (exact) mass is 438 g/mol. The number of carbonyl (C=O) groups is 2. The van der Waals surface area contributed by atoms with Gasteiger partial charge in [-0.3, -0.25) is 9.59 Å². The molecule has 4 aromatic carbocycles. The third kappa shape index (κ3) is 5.57. The predicted octanol–water partition coefficient (Wildman–Crippen LogP) is 5.99. The summed E-state index contributed by atoms with van der Waals surface area (Å²) in [5, 5.41) is 5.66. The maximum absolute atomic E-state index is 12.9. The molecule has 2 amide bonds. The van der Waals surface area contributed by atoms with Gasteiger partial charge in [0, 0.05) is 11.3 Å². The van der Waals surface area contributed by atoms with Gasteiger partial charge in [0.1, 0.15) is 17.2 Å². The number of benzene rings is 4. The van der Waals surface area contributed by atoms with Gasteiger partial charge < -0.3 is 20.1 Å². The highest BCUT2D eigenvalue weighted by Crippen LogP contribution is 2.24. The third-order valence-corrected chi connectivity index (χ3v) is 4.86. The van der Waals surface area contributed by atoms with Gasteiger partial charge in [-0.2, -0.15) is 0 Å². The van der Waals surface area contributed by atoms with E-state index in [0.717, 1.165) is 5.75 Å². The summed E-state index contributed by atoms with van der Waals surface area (Å²) in [6, 6.07) is 30.1. The van der Waals surface area contributed by atoms with Crippen molar-refractivity contribution in [2.45, 2.75) is 0 Å². The van der Waals surface area contributed by atoms with Crippen LogP contribution < -0.4 is 20.1 Å². The molecule has 0 atom stereocenters. The van der Waals surface area contributed by atoms with Gasteiger partial charge in [-0.1, -0.05) is 30.3 Å². The lowest BCUT2D eigenvalue weighted by molar-refractivity contribution is 0.102. The van der Waals surface area contributed by atoms with Crippen LogP contribution in [-0.2, 0) is 0 Å². The van der Waals surface area contributed by atoms with Crippen LogP contribution in [0.4, 0.5) is 11.4 Å². The van der Waals surface area contributed by atoms with Gasteiger partial charge in [0.15, 0.2) is 0 Å². The van der Waals surface area contributed by atoms with Gasteiger partial charge in [-0.15, -0.1) is 0 Å². The first-order valence-electron chi connectivity index (χ1n) is 10.3. The second-order valence-electron chi connectivity index (χ2n) is 7.12. The number of para-hydroxylation sites is 2. The zero-order valence-electron chi connectivity index (χ0n) is 17.9. The average Bonchev–Trinajstić information content (AvgIpc) is 2.86. The Morgan fingerprint density at radius 2 is 1.21 bits per heavy atom. The number of hydrogen-bond donors (Lipinski definition) is 2. The van der Waals surface area contributed by atoms with Crippen LogP contribution in [0.1, 0.15) is 20.7 Å². The molecule has 0 aromatic heterocycles. The number of rotatable bonds is 7. The number of carbonyl (C=O) groups excluding carboxylic acids is 2. The minimum absolute atomic E-state index is 0.319. The second kappa shape index (κ2) is 10.2. The fraction of sp³-hybridized carbons (Fsp3) is 0.0370. The van der Waals surface area contributed by atoms with E-state index in [4.69, 9.17) is 9.47 Å². The highest BCUT2D eigenvalue weighted by molar-refractivity contribution is 6.12. The zero-order valence-corrected chi connectivity index (χ0v) is 17.9. The molecular formula is C27H22N2O4. The molecule has 33 heavy (non-hydrogen) atoms. The molecule has 0 aliphatic heterocycles. The molecule has 0 radical (unpaired) electrons. The zero-order chi connectivity index (χ0) is 23.0. The van der Waals surface area contributed by atoms with Crippen LogP contribution in [0.15, 0.2) is 103 Å². The smallest absolute Gasteiger partial charge is 0.257 e. The van der Waals surface area contributed by atoms with Gasteiger partial charge >= 0.3 is 0 Å². The molecule has 6 heteroatoms. The first-order valence-corrected chi connectivity index (χ1v) is 10.3. The number of ether oxygens (including phenoxy) is 2. The summed E-state index contributed by atoms with van der Waals surface area (Å²) in [5.41, 5.74) is 1.83. The molecule has 0 aliphatic rings. The van der Waals surface area contributed by atoms with E-state index in [1.807, 2.05) is 30.3 Å². The largest absolute Gasteiger partial charge is 0.497 e. The molecule has 4 aromatic rings. The van der Waals surface area contributed by atoms with Crippen LogP contribution in [0.2, 0.25) is 0 Å². The molecule has 4 rings (SSSR count). The molecule has 164 valence electrons. The Morgan fingerprint density at radius 3 is 1.91 bits per heavy atom. The van der Waals surface area contributed by atoms with E-state index in [-0.39, 0.29) is 11.8 Å². The Morgan fingerprint density at radius 1 is 0.606 bits per heavy atom. The van der Waals surface area contributed by atoms with Crippen molar-refractivity contribution in [1.29, 1.82) is 0 Å². The van der Waals surface area contributed by atoms with Crippen molar-refractivity contribution < 1.29 is 19.1 Å². The molecule has 6 nitrogen and oxygen atoms in total. The number of amides is 2. The molecule has 0 aliphatic carbocycles. The third-order valence-electron chi connectivity index (χ3n) is 4.86. The standard InChI is InChI=1S/C27H22N2O4/c1-32-21-15-11-19(12-16-21)26(30)29-25-10-6-5-9-24(25)27(31)28-20-13-17-23(18-14-20)33-22-7-3-2-4-8-22/h2-18H,1H3,(H,28,31)(H,29,30). The summed E-state index contributed by atoms with van der Waals surface area (Å²) in [6.07, 6.45) is 0. The molecule has 0 heterocycles. The van der Waals surface area contributed by atoms with Gasteiger partial charge in [-0.25, -0.2) is 0 Å². The van der Waals surface area contributed by atoms with Crippen molar-refractivity contribution >= 4 is 23.2 Å². The average molecular weight is 438 g/mol. The fourth-order valence-electron chi connectivity index (χ4n) is 3.16. The van der Waals surface area contributed by atoms with Crippen molar-refractivity contribution in [2.75, 3.05) is 17.7 Å². The van der Waals surface area contributed by atoms with Crippen LogP contribution >= 0.6 is 0 Å². The summed E-state index contributed by atoms with van der Waals surface area (Å²) in [4.78, 5) is 25.5. The molecule has 0 bridgehead atoms. The highest BCUT2D eigenvalue weighted by atomic mass is 16.5. The Kier molecular flexibility index (Phi) is 6.66. The Hall–Kier alpha value is -4.58. The lowest BCUT2D eigenvalue weighted by atomic mass is 10.1. The predicted molar refractivity (Wildman–Crippen MR) is 128 cm³/mol. The number of hydrogen-bond acceptors (Lipinski definition) is 4. The van der Waals surface area contributed by atoms with Crippen LogP contribution in [0.25, 0.3) is 0 Å². The number of methoxy groups -OCH3 is 1. The van der Waals surface area contributed by atoms with Crippen molar-refractivity contribution in [3.63, 3.8) is 0 Å². The van der Waals surface area contributed by atoms with Crippen LogP contribution in [0.3, 0.4) is 0 Å². The molecule has 2 N–H and O–H groups in total. The van der Waals surface area contributed by atoms with Crippen LogP contribution in [0, 0.1) is 0 Å². The van der Waals surface area contributed by atoms with Crippen molar-refractivity contribution in [2.24, 2.45) is 0 Å². The minimum atomic E-state index is -0.336. The van der Waals surface area contributed by atoms with E-state index in [1.165, 1.54) is 0 Å². The van der Waals surface area contributed by atoms with Gasteiger partial charge in [0.2, 0.25) is 0 Å². The second-order valence-corrected chi connectivity index (χ2v) is 7.12. The lowest BCUT2D eigenvalue weighted by Gasteiger charge is -2.12. The summed E-state index contributed by atoms with van der Waals surface area (Å²) < 4.78 is 10.9. The van der Waals surface area contributed by atoms with E-state index in [9.17, 15) is 9.59 Å². The summed E-state index contributed by atoms with van der Waals surface area (Å²) >= 11 is 0. The van der Waals surface area contributed by atoms with E-state index in [2.05, 4.69) is 10.6 Å². The highest BCUT2D eigenvalue weighted by Gasteiger charge is 2.14. The van der Waals surface area contributed by atoms with Crippen molar-refractivity contribution in [3.8, 4) is 17.2 Å². The Balaban J connectivity index is 1.43. The van der Waals surface area contributed by atoms with Gasteiger partial charge in [0.05, 0.1) is 18.4 Å². The normalized spacial score (nSPS) is 10.2. The fourth-order valence-corrected chi connectivity index (χ4v) is 3.16. The minimum Gasteiger partial charge on any atom is -0.497 e. The van der Waals surface area contributed by atoms with E-state index in [0.29, 0.717) is 34.0 Å². The SMILES string of the molecule is COc1ccc(C(=O)Nc2ccccc2C(=O)Nc2ccc(Oc3ccccc3)cc2)cc1. The maximum atomic E-state index is 12.9. The van der Waals surface area contributed by atoms with Crippen molar-refractivity contribution in [3.05, 3.63) is 114 Å². The Bertz CT molecular complexity index is 1240. The Labute approximate surface area is 191 Å². The maximum Gasteiger partial charge on any atom is 0.257 e. The van der Waals surface area contributed by atoms with Crippen LogP contribution in [-0.4, -0.2) is 18.9 Å². The lowest BCUT2D eigenvalue weighted by Crippen LogP contribution is -2.18. The molecule has 0 spiro atoms. The summed E-state index contributed by atoms with van der Waals surface area (Å²) in [5.74, 6) is 1.39. The van der Waals surface area contributed by atoms with E-state index < -0.39 is 0 Å². The molecule has 0 saturated heterocycles. The topological polar surface area (TPSA) is 76.7 Å².